The number of hydrogen-bond acceptors (Lipinski definition) is 3. The van der Waals surface area contributed by atoms with Gasteiger partial charge in [-0.05, 0) is 32.0 Å². The van der Waals surface area contributed by atoms with Crippen molar-refractivity contribution in [2.24, 2.45) is 0 Å². The number of carbonyl (C=O) groups is 1. The zero-order valence-electron chi connectivity index (χ0n) is 9.59. The maximum Gasteiger partial charge on any atom is 0.258 e. The van der Waals surface area contributed by atoms with E-state index in [2.05, 4.69) is 10.6 Å². The highest BCUT2D eigenvalue weighted by atomic mass is 19.1. The molecule has 0 spiro atoms. The number of phenolic OH excluding ortho intramolecular Hbond substituents is 1. The highest BCUT2D eigenvalue weighted by Crippen LogP contribution is 2.21. The van der Waals surface area contributed by atoms with Crippen LogP contribution in [0.3, 0.4) is 0 Å². The second kappa shape index (κ2) is 4.33. The molecule has 0 radical (unpaired) electrons. The maximum absolute atomic E-state index is 13.5. The Kier molecular flexibility index (Phi) is 3.02. The molecular weight excluding hydrogens is 223 g/mol. The highest BCUT2D eigenvalue weighted by molar-refractivity contribution is 5.97. The molecule has 1 aliphatic heterocycles. The largest absolute Gasteiger partial charge is 0.507 e. The standard InChI is InChI=1S/C12H15FN2O2/c1-12(5-6-14-7-12)15-11(17)10-8(13)3-2-4-9(10)16/h2-4,14,16H,5-7H2,1H3,(H,15,17). The van der Waals surface area contributed by atoms with Crippen molar-refractivity contribution in [2.45, 2.75) is 18.9 Å². The van der Waals surface area contributed by atoms with Crippen LogP contribution in [0, 0.1) is 5.82 Å². The zero-order valence-corrected chi connectivity index (χ0v) is 9.59. The molecule has 0 bridgehead atoms. The molecule has 1 aromatic rings. The van der Waals surface area contributed by atoms with Crippen LogP contribution in [0.25, 0.3) is 0 Å². The van der Waals surface area contributed by atoms with Gasteiger partial charge in [0.05, 0.1) is 5.54 Å². The van der Waals surface area contributed by atoms with E-state index in [1.54, 1.807) is 0 Å². The molecule has 1 aliphatic rings. The number of nitrogens with one attached hydrogen (secondary N) is 2. The average Bonchev–Trinajstić information content (AvgIpc) is 2.64. The van der Waals surface area contributed by atoms with Crippen molar-refractivity contribution >= 4 is 5.91 Å². The fourth-order valence-electron chi connectivity index (χ4n) is 2.00. The van der Waals surface area contributed by atoms with Crippen LogP contribution in [0.4, 0.5) is 4.39 Å². The van der Waals surface area contributed by atoms with Gasteiger partial charge in [0.2, 0.25) is 0 Å². The van der Waals surface area contributed by atoms with Crippen molar-refractivity contribution in [1.29, 1.82) is 0 Å². The topological polar surface area (TPSA) is 61.4 Å². The van der Waals surface area contributed by atoms with Gasteiger partial charge < -0.3 is 15.7 Å². The molecule has 1 amide bonds. The molecular formula is C12H15FN2O2. The number of aromatic hydroxyl groups is 1. The van der Waals surface area contributed by atoms with Crippen molar-refractivity contribution in [1.82, 2.24) is 10.6 Å². The third-order valence-electron chi connectivity index (χ3n) is 3.00. The molecule has 1 fully saturated rings. The Balaban J connectivity index is 2.20. The quantitative estimate of drug-likeness (QED) is 0.720. The Morgan fingerprint density at radius 1 is 1.59 bits per heavy atom. The number of halogens is 1. The van der Waals surface area contributed by atoms with Gasteiger partial charge in [-0.2, -0.15) is 0 Å². The van der Waals surface area contributed by atoms with Crippen molar-refractivity contribution < 1.29 is 14.3 Å². The SMILES string of the molecule is CC1(NC(=O)c2c(O)cccc2F)CCNC1. The number of benzene rings is 1. The maximum atomic E-state index is 13.5. The molecule has 17 heavy (non-hydrogen) atoms. The van der Waals surface area contributed by atoms with Crippen LogP contribution in [0.15, 0.2) is 18.2 Å². The normalized spacial score (nSPS) is 23.6. The first-order valence-electron chi connectivity index (χ1n) is 5.52. The van der Waals surface area contributed by atoms with Gasteiger partial charge in [0.15, 0.2) is 0 Å². The zero-order chi connectivity index (χ0) is 12.5. The minimum atomic E-state index is -0.711. The van der Waals surface area contributed by atoms with E-state index in [4.69, 9.17) is 0 Å². The van der Waals surface area contributed by atoms with E-state index in [-0.39, 0.29) is 16.9 Å². The predicted molar refractivity (Wildman–Crippen MR) is 61.4 cm³/mol. The molecule has 1 atom stereocenters. The van der Waals surface area contributed by atoms with Crippen LogP contribution in [0.2, 0.25) is 0 Å². The summed E-state index contributed by atoms with van der Waals surface area (Å²) in [6.07, 6.45) is 0.786. The van der Waals surface area contributed by atoms with Crippen LogP contribution in [-0.2, 0) is 0 Å². The van der Waals surface area contributed by atoms with E-state index in [0.29, 0.717) is 6.54 Å². The van der Waals surface area contributed by atoms with Crippen LogP contribution >= 0.6 is 0 Å². The summed E-state index contributed by atoms with van der Waals surface area (Å²) in [7, 11) is 0. The summed E-state index contributed by atoms with van der Waals surface area (Å²) >= 11 is 0. The number of amides is 1. The second-order valence-corrected chi connectivity index (χ2v) is 4.58. The minimum Gasteiger partial charge on any atom is -0.507 e. The lowest BCUT2D eigenvalue weighted by Crippen LogP contribution is -2.47. The summed E-state index contributed by atoms with van der Waals surface area (Å²) in [6, 6.07) is 3.82. The number of hydrogen-bond donors (Lipinski definition) is 3. The van der Waals surface area contributed by atoms with E-state index < -0.39 is 11.7 Å². The van der Waals surface area contributed by atoms with Gasteiger partial charge in [-0.25, -0.2) is 4.39 Å². The van der Waals surface area contributed by atoms with Crippen molar-refractivity contribution in [3.05, 3.63) is 29.6 Å². The summed E-state index contributed by atoms with van der Waals surface area (Å²) in [4.78, 5) is 11.9. The molecule has 0 aliphatic carbocycles. The lowest BCUT2D eigenvalue weighted by Gasteiger charge is -2.24. The molecule has 5 heteroatoms. The lowest BCUT2D eigenvalue weighted by molar-refractivity contribution is 0.0906. The molecule has 1 aromatic carbocycles. The Hall–Kier alpha value is -1.62. The summed E-state index contributed by atoms with van der Waals surface area (Å²) in [5.74, 6) is -1.62. The number of phenols is 1. The third-order valence-corrected chi connectivity index (χ3v) is 3.00. The van der Waals surface area contributed by atoms with Gasteiger partial charge in [-0.15, -0.1) is 0 Å². The highest BCUT2D eigenvalue weighted by Gasteiger charge is 2.31. The molecule has 0 saturated carbocycles. The van der Waals surface area contributed by atoms with E-state index in [1.807, 2.05) is 6.92 Å². The third kappa shape index (κ3) is 2.39. The summed E-state index contributed by atoms with van der Waals surface area (Å²) in [6.45, 7) is 3.36. The molecule has 0 aromatic heterocycles. The van der Waals surface area contributed by atoms with Crippen LogP contribution in [-0.4, -0.2) is 29.6 Å². The summed E-state index contributed by atoms with van der Waals surface area (Å²) in [5.41, 5.74) is -0.674. The number of carbonyl (C=O) groups excluding carboxylic acids is 1. The van der Waals surface area contributed by atoms with E-state index in [1.165, 1.54) is 12.1 Å². The van der Waals surface area contributed by atoms with Crippen molar-refractivity contribution in [3.8, 4) is 5.75 Å². The fraction of sp³-hybridized carbons (Fsp3) is 0.417. The van der Waals surface area contributed by atoms with Crippen LogP contribution in [0.5, 0.6) is 5.75 Å². The second-order valence-electron chi connectivity index (χ2n) is 4.58. The lowest BCUT2D eigenvalue weighted by atomic mass is 10.0. The Morgan fingerprint density at radius 2 is 2.35 bits per heavy atom. The van der Waals surface area contributed by atoms with Gasteiger partial charge in [-0.3, -0.25) is 4.79 Å². The molecule has 1 saturated heterocycles. The van der Waals surface area contributed by atoms with Gasteiger partial charge in [-0.1, -0.05) is 6.07 Å². The van der Waals surface area contributed by atoms with Gasteiger partial charge in [0.1, 0.15) is 17.1 Å². The molecule has 92 valence electrons. The Bertz CT molecular complexity index is 422. The van der Waals surface area contributed by atoms with Crippen LogP contribution in [0.1, 0.15) is 23.7 Å². The Labute approximate surface area is 98.8 Å². The first kappa shape index (κ1) is 11.9. The molecule has 3 N–H and O–H groups in total. The van der Waals surface area contributed by atoms with Crippen molar-refractivity contribution in [3.63, 3.8) is 0 Å². The van der Waals surface area contributed by atoms with Crippen LogP contribution < -0.4 is 10.6 Å². The first-order chi connectivity index (χ1) is 8.02. The van der Waals surface area contributed by atoms with Gasteiger partial charge in [0, 0.05) is 6.54 Å². The van der Waals surface area contributed by atoms with E-state index >= 15 is 0 Å². The molecule has 1 unspecified atom stereocenters. The summed E-state index contributed by atoms with van der Waals surface area (Å²) in [5, 5.41) is 15.4. The smallest absolute Gasteiger partial charge is 0.258 e. The van der Waals surface area contributed by atoms with Crippen molar-refractivity contribution in [2.75, 3.05) is 13.1 Å². The first-order valence-corrected chi connectivity index (χ1v) is 5.52. The van der Waals surface area contributed by atoms with Gasteiger partial charge >= 0.3 is 0 Å². The minimum absolute atomic E-state index is 0.291. The summed E-state index contributed by atoms with van der Waals surface area (Å²) < 4.78 is 13.5. The molecule has 1 heterocycles. The monoisotopic (exact) mass is 238 g/mol. The number of rotatable bonds is 2. The molecule has 4 nitrogen and oxygen atoms in total. The predicted octanol–water partition coefficient (Wildman–Crippen LogP) is 1.01. The molecule has 2 rings (SSSR count). The van der Waals surface area contributed by atoms with Gasteiger partial charge in [0.25, 0.3) is 5.91 Å². The Morgan fingerprint density at radius 3 is 2.94 bits per heavy atom. The van der Waals surface area contributed by atoms with E-state index in [9.17, 15) is 14.3 Å². The average molecular weight is 238 g/mol. The fourth-order valence-corrected chi connectivity index (χ4v) is 2.00. The van der Waals surface area contributed by atoms with E-state index in [0.717, 1.165) is 19.0 Å².